The molecule has 0 aliphatic heterocycles. The van der Waals surface area contributed by atoms with E-state index < -0.39 is 6.04 Å². The molecule has 0 aromatic heterocycles. The van der Waals surface area contributed by atoms with Gasteiger partial charge in [0.25, 0.3) is 0 Å². The summed E-state index contributed by atoms with van der Waals surface area (Å²) in [5.74, 6) is -0.141. The summed E-state index contributed by atoms with van der Waals surface area (Å²) in [5.41, 5.74) is 5.20. The Morgan fingerprint density at radius 1 is 1.50 bits per heavy atom. The zero-order chi connectivity index (χ0) is 6.15. The fourth-order valence-electron chi connectivity index (χ4n) is 0.757. The Bertz CT molecular complexity index is 141. The smallest absolute Gasteiger partial charge is 0.157 e. The van der Waals surface area contributed by atoms with Crippen LogP contribution in [0.15, 0.2) is 0 Å². The highest BCUT2D eigenvalue weighted by Crippen LogP contribution is 2.07. The van der Waals surface area contributed by atoms with Crippen molar-refractivity contribution in [2.45, 2.75) is 18.9 Å². The Balaban J connectivity index is 2.64. The average Bonchev–Trinajstić information content (AvgIpc) is 1.85. The van der Waals surface area contributed by atoms with Crippen LogP contribution in [-0.4, -0.2) is 17.6 Å². The molecule has 1 unspecified atom stereocenters. The average molecular weight is 113 g/mol. The van der Waals surface area contributed by atoms with Crippen molar-refractivity contribution in [3.63, 3.8) is 0 Å². The Kier molecular flexibility index (Phi) is 1.13. The third-order valence-corrected chi connectivity index (χ3v) is 1.23. The molecule has 0 radical (unpaired) electrons. The van der Waals surface area contributed by atoms with Gasteiger partial charge < -0.3 is 5.73 Å². The number of Topliss-reactive ketones (excluding diaryl/α,β-unsaturated/α-hetero) is 2. The van der Waals surface area contributed by atoms with Crippen molar-refractivity contribution < 1.29 is 9.59 Å². The van der Waals surface area contributed by atoms with E-state index in [2.05, 4.69) is 0 Å². The van der Waals surface area contributed by atoms with Gasteiger partial charge in [-0.05, 0) is 0 Å². The maximum absolute atomic E-state index is 10.4. The SMILES string of the molecule is NC1CC(=O)CC1=O. The van der Waals surface area contributed by atoms with Crippen molar-refractivity contribution in [2.24, 2.45) is 5.73 Å². The van der Waals surface area contributed by atoms with Crippen LogP contribution in [0.4, 0.5) is 0 Å². The molecule has 1 saturated carbocycles. The van der Waals surface area contributed by atoms with E-state index in [0.29, 0.717) is 0 Å². The molecule has 0 heterocycles. The zero-order valence-electron chi connectivity index (χ0n) is 4.39. The van der Waals surface area contributed by atoms with Crippen molar-refractivity contribution in [1.29, 1.82) is 0 Å². The number of nitrogens with two attached hydrogens (primary N) is 1. The summed E-state index contributed by atoms with van der Waals surface area (Å²) in [6.45, 7) is 0. The van der Waals surface area contributed by atoms with Crippen LogP contribution >= 0.6 is 0 Å². The van der Waals surface area contributed by atoms with Crippen molar-refractivity contribution >= 4 is 11.6 Å². The minimum Gasteiger partial charge on any atom is -0.321 e. The van der Waals surface area contributed by atoms with Gasteiger partial charge in [0.1, 0.15) is 5.78 Å². The van der Waals surface area contributed by atoms with Crippen molar-refractivity contribution in [2.75, 3.05) is 0 Å². The van der Waals surface area contributed by atoms with Gasteiger partial charge in [0.05, 0.1) is 12.5 Å². The third-order valence-electron chi connectivity index (χ3n) is 1.23. The van der Waals surface area contributed by atoms with Crippen LogP contribution in [0, 0.1) is 0 Å². The topological polar surface area (TPSA) is 60.2 Å². The molecule has 1 atom stereocenters. The molecule has 0 saturated heterocycles. The second kappa shape index (κ2) is 1.67. The molecule has 44 valence electrons. The minimum absolute atomic E-state index is 0.0255. The first-order valence-electron chi connectivity index (χ1n) is 2.50. The van der Waals surface area contributed by atoms with Gasteiger partial charge in [-0.15, -0.1) is 0 Å². The quantitative estimate of drug-likeness (QED) is 0.420. The summed E-state index contributed by atoms with van der Waals surface area (Å²) < 4.78 is 0. The van der Waals surface area contributed by atoms with Gasteiger partial charge >= 0.3 is 0 Å². The Morgan fingerprint density at radius 3 is 2.25 bits per heavy atom. The molecule has 2 N–H and O–H groups in total. The normalized spacial score (nSPS) is 29.4. The predicted octanol–water partition coefficient (Wildman–Crippen LogP) is -0.754. The molecule has 8 heavy (non-hydrogen) atoms. The van der Waals surface area contributed by atoms with Crippen LogP contribution in [0.1, 0.15) is 12.8 Å². The summed E-state index contributed by atoms with van der Waals surface area (Å²) in [6, 6.07) is -0.498. The van der Waals surface area contributed by atoms with Gasteiger partial charge in [-0.3, -0.25) is 9.59 Å². The number of carbonyl (C=O) groups excluding carboxylic acids is 2. The molecular formula is C5H7NO2. The monoisotopic (exact) mass is 113 g/mol. The molecule has 0 bridgehead atoms. The van der Waals surface area contributed by atoms with Crippen LogP contribution in [0.2, 0.25) is 0 Å². The Morgan fingerprint density at radius 2 is 2.12 bits per heavy atom. The summed E-state index contributed by atoms with van der Waals surface area (Å²) >= 11 is 0. The molecule has 0 spiro atoms. The van der Waals surface area contributed by atoms with Gasteiger partial charge in [-0.1, -0.05) is 0 Å². The van der Waals surface area contributed by atoms with Crippen LogP contribution < -0.4 is 5.73 Å². The number of rotatable bonds is 0. The summed E-state index contributed by atoms with van der Waals surface area (Å²) in [6.07, 6.45) is 0.306. The number of carbonyl (C=O) groups is 2. The molecule has 0 aromatic carbocycles. The molecule has 1 fully saturated rings. The van der Waals surface area contributed by atoms with Gasteiger partial charge in [0, 0.05) is 6.42 Å². The molecule has 0 aromatic rings. The molecule has 3 nitrogen and oxygen atoms in total. The summed E-state index contributed by atoms with van der Waals surface area (Å²) in [4.78, 5) is 20.8. The first kappa shape index (κ1) is 5.44. The highest BCUT2D eigenvalue weighted by Gasteiger charge is 2.26. The number of hydrogen-bond donors (Lipinski definition) is 1. The molecular weight excluding hydrogens is 106 g/mol. The van der Waals surface area contributed by atoms with Gasteiger partial charge in [-0.25, -0.2) is 0 Å². The van der Waals surface area contributed by atoms with E-state index in [1.165, 1.54) is 0 Å². The fourth-order valence-corrected chi connectivity index (χ4v) is 0.757. The van der Waals surface area contributed by atoms with E-state index in [9.17, 15) is 9.59 Å². The van der Waals surface area contributed by atoms with Gasteiger partial charge in [-0.2, -0.15) is 0 Å². The Labute approximate surface area is 46.9 Å². The molecule has 3 heteroatoms. The lowest BCUT2D eigenvalue weighted by Crippen LogP contribution is -2.23. The third kappa shape index (κ3) is 0.767. The van der Waals surface area contributed by atoms with E-state index >= 15 is 0 Å². The summed E-state index contributed by atoms with van der Waals surface area (Å²) in [7, 11) is 0. The summed E-state index contributed by atoms with van der Waals surface area (Å²) in [5, 5.41) is 0. The van der Waals surface area contributed by atoms with E-state index in [4.69, 9.17) is 5.73 Å². The molecule has 1 aliphatic carbocycles. The van der Waals surface area contributed by atoms with Crippen molar-refractivity contribution in [3.05, 3.63) is 0 Å². The fraction of sp³-hybridized carbons (Fsp3) is 0.600. The second-order valence-electron chi connectivity index (χ2n) is 1.99. The van der Waals surface area contributed by atoms with Crippen LogP contribution in [0.5, 0.6) is 0 Å². The zero-order valence-corrected chi connectivity index (χ0v) is 4.39. The first-order valence-corrected chi connectivity index (χ1v) is 2.50. The van der Waals surface area contributed by atoms with E-state index in [0.717, 1.165) is 0 Å². The van der Waals surface area contributed by atoms with E-state index in [1.54, 1.807) is 0 Å². The Hall–Kier alpha value is -0.700. The predicted molar refractivity (Wildman–Crippen MR) is 27.2 cm³/mol. The first-order chi connectivity index (χ1) is 3.70. The number of ketones is 2. The van der Waals surface area contributed by atoms with Crippen LogP contribution in [-0.2, 0) is 9.59 Å². The largest absolute Gasteiger partial charge is 0.321 e. The molecule has 0 amide bonds. The highest BCUT2D eigenvalue weighted by molar-refractivity contribution is 6.08. The van der Waals surface area contributed by atoms with Crippen molar-refractivity contribution in [1.82, 2.24) is 0 Å². The highest BCUT2D eigenvalue weighted by atomic mass is 16.2. The van der Waals surface area contributed by atoms with Gasteiger partial charge in [0.2, 0.25) is 0 Å². The molecule has 1 aliphatic rings. The lowest BCUT2D eigenvalue weighted by Gasteiger charge is -1.90. The van der Waals surface area contributed by atoms with E-state index in [1.807, 2.05) is 0 Å². The standard InChI is InChI=1S/C5H7NO2/c6-4-1-3(7)2-5(4)8/h4H,1-2,6H2. The van der Waals surface area contributed by atoms with E-state index in [-0.39, 0.29) is 24.4 Å². The van der Waals surface area contributed by atoms with Crippen molar-refractivity contribution in [3.8, 4) is 0 Å². The number of hydrogen-bond acceptors (Lipinski definition) is 3. The van der Waals surface area contributed by atoms with Crippen LogP contribution in [0.25, 0.3) is 0 Å². The maximum Gasteiger partial charge on any atom is 0.157 e. The maximum atomic E-state index is 10.4. The lowest BCUT2D eigenvalue weighted by atomic mass is 10.3. The van der Waals surface area contributed by atoms with Crippen LogP contribution in [0.3, 0.4) is 0 Å². The lowest BCUT2D eigenvalue weighted by molar-refractivity contribution is -0.121. The minimum atomic E-state index is -0.498. The second-order valence-corrected chi connectivity index (χ2v) is 1.99. The van der Waals surface area contributed by atoms with Gasteiger partial charge in [0.15, 0.2) is 5.78 Å². The molecule has 1 rings (SSSR count).